The Labute approximate surface area is 230 Å². The van der Waals surface area contributed by atoms with E-state index in [4.69, 9.17) is 9.47 Å². The van der Waals surface area contributed by atoms with Crippen LogP contribution in [0.2, 0.25) is 0 Å². The quantitative estimate of drug-likeness (QED) is 0.146. The molecule has 0 atom stereocenters. The third-order valence-corrected chi connectivity index (χ3v) is 8.67. The molecule has 3 aromatic heterocycles. The molecule has 0 bridgehead atoms. The Morgan fingerprint density at radius 3 is 1.57 bits per heavy atom. The molecule has 0 spiro atoms. The van der Waals surface area contributed by atoms with Crippen molar-refractivity contribution in [2.24, 2.45) is 0 Å². The number of rotatable bonds is 14. The summed E-state index contributed by atoms with van der Waals surface area (Å²) < 4.78 is 21.1. The first-order valence-corrected chi connectivity index (χ1v) is 15.3. The number of thiophene rings is 2. The van der Waals surface area contributed by atoms with E-state index in [1.165, 1.54) is 48.4 Å². The lowest BCUT2D eigenvalue weighted by Crippen LogP contribution is -1.98. The maximum absolute atomic E-state index is 9.93. The number of nitriles is 2. The van der Waals surface area contributed by atoms with Crippen molar-refractivity contribution in [2.45, 2.75) is 65.2 Å². The van der Waals surface area contributed by atoms with Crippen molar-refractivity contribution in [1.82, 2.24) is 8.75 Å². The number of benzene rings is 1. The van der Waals surface area contributed by atoms with Crippen molar-refractivity contribution in [2.75, 3.05) is 13.2 Å². The SMILES string of the molecule is CCCCCCOc1csc(-c2ccc(-c3scc(OCCCCCC)c3C#N)c3nsnc23)c1C#N. The van der Waals surface area contributed by atoms with Gasteiger partial charge in [-0.15, -0.1) is 22.7 Å². The summed E-state index contributed by atoms with van der Waals surface area (Å²) in [6, 6.07) is 8.62. The zero-order chi connectivity index (χ0) is 26.0. The lowest BCUT2D eigenvalue weighted by Gasteiger charge is -2.07. The topological polar surface area (TPSA) is 91.8 Å². The fourth-order valence-corrected chi connectivity index (χ4v) is 6.67. The Morgan fingerprint density at radius 1 is 0.703 bits per heavy atom. The van der Waals surface area contributed by atoms with Crippen LogP contribution < -0.4 is 9.47 Å². The summed E-state index contributed by atoms with van der Waals surface area (Å²) in [4.78, 5) is 1.66. The molecule has 0 radical (unpaired) electrons. The highest BCUT2D eigenvalue weighted by Crippen LogP contribution is 2.44. The Morgan fingerprint density at radius 2 is 1.16 bits per heavy atom. The Bertz CT molecular complexity index is 1300. The smallest absolute Gasteiger partial charge is 0.148 e. The third kappa shape index (κ3) is 6.13. The highest BCUT2D eigenvalue weighted by Gasteiger charge is 2.23. The summed E-state index contributed by atoms with van der Waals surface area (Å²) in [7, 11) is 0. The fourth-order valence-electron chi connectivity index (χ4n) is 4.16. The first-order chi connectivity index (χ1) is 18.2. The first kappa shape index (κ1) is 27.1. The van der Waals surface area contributed by atoms with Gasteiger partial charge in [0.15, 0.2) is 0 Å². The predicted molar refractivity (Wildman–Crippen MR) is 153 cm³/mol. The van der Waals surface area contributed by atoms with Crippen LogP contribution in [0.1, 0.15) is 76.3 Å². The van der Waals surface area contributed by atoms with E-state index in [1.807, 2.05) is 22.9 Å². The van der Waals surface area contributed by atoms with Crippen LogP contribution in [0.3, 0.4) is 0 Å². The van der Waals surface area contributed by atoms with Crippen LogP contribution in [-0.2, 0) is 0 Å². The number of hydrogen-bond acceptors (Lipinski definition) is 9. The van der Waals surface area contributed by atoms with E-state index >= 15 is 0 Å². The molecule has 6 nitrogen and oxygen atoms in total. The molecule has 4 rings (SSSR count). The minimum absolute atomic E-state index is 0.537. The monoisotopic (exact) mass is 550 g/mol. The molecule has 0 aliphatic carbocycles. The molecule has 3 heterocycles. The lowest BCUT2D eigenvalue weighted by atomic mass is 10.0. The predicted octanol–water partition coefficient (Wildman–Crippen LogP) is 8.81. The van der Waals surface area contributed by atoms with Crippen LogP contribution in [0.5, 0.6) is 11.5 Å². The second-order valence-electron chi connectivity index (χ2n) is 8.77. The van der Waals surface area contributed by atoms with Gasteiger partial charge in [-0.3, -0.25) is 0 Å². The molecule has 0 N–H and O–H groups in total. The van der Waals surface area contributed by atoms with Gasteiger partial charge in [0.2, 0.25) is 0 Å². The zero-order valence-corrected chi connectivity index (χ0v) is 23.7. The van der Waals surface area contributed by atoms with Gasteiger partial charge in [-0.1, -0.05) is 64.5 Å². The average Bonchev–Trinajstić information content (AvgIpc) is 3.66. The summed E-state index contributed by atoms with van der Waals surface area (Å²) in [5.41, 5.74) is 4.25. The van der Waals surface area contributed by atoms with Crippen LogP contribution in [0.4, 0.5) is 0 Å². The number of hydrogen-bond donors (Lipinski definition) is 0. The summed E-state index contributed by atoms with van der Waals surface area (Å²) in [6.45, 7) is 5.58. The van der Waals surface area contributed by atoms with E-state index in [-0.39, 0.29) is 0 Å². The van der Waals surface area contributed by atoms with Crippen molar-refractivity contribution >= 4 is 45.4 Å². The van der Waals surface area contributed by atoms with E-state index in [0.717, 1.165) is 69.3 Å². The third-order valence-electron chi connectivity index (χ3n) is 6.15. The highest BCUT2D eigenvalue weighted by molar-refractivity contribution is 7.14. The molecule has 9 heteroatoms. The maximum atomic E-state index is 9.93. The number of nitrogens with zero attached hydrogens (tertiary/aromatic N) is 4. The molecule has 192 valence electrons. The van der Waals surface area contributed by atoms with E-state index in [9.17, 15) is 10.5 Å². The largest absolute Gasteiger partial charge is 0.491 e. The lowest BCUT2D eigenvalue weighted by molar-refractivity contribution is 0.305. The summed E-state index contributed by atoms with van der Waals surface area (Å²) in [5, 5.41) is 23.7. The minimum atomic E-state index is 0.537. The second kappa shape index (κ2) is 13.5. The number of fused-ring (bicyclic) bond motifs is 1. The number of aromatic nitrogens is 2. The minimum Gasteiger partial charge on any atom is -0.491 e. The standard InChI is InChI=1S/C28H30N4O2S3/c1-3-5-7-9-13-33-23-17-35-27(21(23)15-29)19-11-12-20(26-25(19)31-37-32-26)28-22(16-30)24(18-36-28)34-14-10-8-6-4-2/h11-12,17-18H,3-10,13-14H2,1-2H3. The van der Waals surface area contributed by atoms with Gasteiger partial charge in [0.05, 0.1) is 34.7 Å². The fraction of sp³-hybridized carbons (Fsp3) is 0.429. The molecule has 37 heavy (non-hydrogen) atoms. The number of unbranched alkanes of at least 4 members (excludes halogenated alkanes) is 6. The van der Waals surface area contributed by atoms with E-state index in [1.54, 1.807) is 0 Å². The maximum Gasteiger partial charge on any atom is 0.148 e. The van der Waals surface area contributed by atoms with E-state index < -0.39 is 0 Å². The first-order valence-electron chi connectivity index (χ1n) is 12.8. The molecule has 0 amide bonds. The van der Waals surface area contributed by atoms with E-state index in [0.29, 0.717) is 35.8 Å². The van der Waals surface area contributed by atoms with Crippen LogP contribution in [0.15, 0.2) is 22.9 Å². The molecular formula is C28H30N4O2S3. The molecule has 0 aliphatic rings. The molecule has 0 saturated heterocycles. The Balaban J connectivity index is 1.61. The Kier molecular flexibility index (Phi) is 9.90. The van der Waals surface area contributed by atoms with Gasteiger partial charge >= 0.3 is 0 Å². The van der Waals surface area contributed by atoms with Gasteiger partial charge in [0.25, 0.3) is 0 Å². The molecule has 4 aromatic rings. The molecule has 0 aliphatic heterocycles. The molecule has 0 saturated carbocycles. The average molecular weight is 551 g/mol. The van der Waals surface area contributed by atoms with Crippen LogP contribution in [0, 0.1) is 22.7 Å². The van der Waals surface area contributed by atoms with Gasteiger partial charge in [-0.25, -0.2) is 0 Å². The van der Waals surface area contributed by atoms with Crippen LogP contribution in [0.25, 0.3) is 31.9 Å². The highest BCUT2D eigenvalue weighted by atomic mass is 32.1. The van der Waals surface area contributed by atoms with Crippen molar-refractivity contribution in [3.63, 3.8) is 0 Å². The summed E-state index contributed by atoms with van der Waals surface area (Å²) in [5.74, 6) is 1.26. The molecule has 1 aromatic carbocycles. The van der Waals surface area contributed by atoms with E-state index in [2.05, 4.69) is 34.7 Å². The van der Waals surface area contributed by atoms with Crippen molar-refractivity contribution in [1.29, 1.82) is 10.5 Å². The second-order valence-corrected chi connectivity index (χ2v) is 11.1. The van der Waals surface area contributed by atoms with Crippen molar-refractivity contribution in [3.8, 4) is 44.5 Å². The van der Waals surface area contributed by atoms with Crippen LogP contribution in [-0.4, -0.2) is 22.0 Å². The summed E-state index contributed by atoms with van der Waals surface area (Å²) >= 11 is 4.11. The molecular weight excluding hydrogens is 521 g/mol. The summed E-state index contributed by atoms with van der Waals surface area (Å²) in [6.07, 6.45) is 8.94. The van der Waals surface area contributed by atoms with Crippen molar-refractivity contribution < 1.29 is 9.47 Å². The zero-order valence-electron chi connectivity index (χ0n) is 21.2. The normalized spacial score (nSPS) is 10.9. The van der Waals surface area contributed by atoms with Gasteiger partial charge in [-0.2, -0.15) is 19.3 Å². The molecule has 0 unspecified atom stereocenters. The van der Waals surface area contributed by atoms with Gasteiger partial charge in [0.1, 0.15) is 45.8 Å². The van der Waals surface area contributed by atoms with Gasteiger partial charge < -0.3 is 9.47 Å². The van der Waals surface area contributed by atoms with Crippen molar-refractivity contribution in [3.05, 3.63) is 34.0 Å². The number of ether oxygens (including phenoxy) is 2. The van der Waals surface area contributed by atoms with Gasteiger partial charge in [0, 0.05) is 21.9 Å². The van der Waals surface area contributed by atoms with Gasteiger partial charge in [-0.05, 0) is 12.8 Å². The Hall–Kier alpha value is -2.98. The van der Waals surface area contributed by atoms with Crippen LogP contribution >= 0.6 is 34.4 Å². The molecule has 0 fully saturated rings.